The molecule has 2 aliphatic rings. The zero-order valence-electron chi connectivity index (χ0n) is 13.6. The standard InChI is InChI=1S/C17H19F3N2O3/c1-16-6-7-22(8-13(16)17(16,19)20)15(25)12(9-23)21-14(24)10-2-4-11(18)5-3-10/h2-5,12-13,23H,6-9H2,1H3,(H,21,24)/t12-,13?,16?/m0/s1. The molecule has 3 atom stereocenters. The first-order valence-electron chi connectivity index (χ1n) is 8.04. The van der Waals surface area contributed by atoms with Crippen LogP contribution in [-0.2, 0) is 4.79 Å². The maximum Gasteiger partial charge on any atom is 0.259 e. The van der Waals surface area contributed by atoms with Gasteiger partial charge in [-0.1, -0.05) is 6.92 Å². The number of hydrogen-bond acceptors (Lipinski definition) is 3. The van der Waals surface area contributed by atoms with E-state index in [4.69, 9.17) is 0 Å². The van der Waals surface area contributed by atoms with Crippen LogP contribution in [0.25, 0.3) is 0 Å². The second kappa shape index (κ2) is 6.01. The Bertz CT molecular complexity index is 695. The molecule has 2 fully saturated rings. The maximum atomic E-state index is 13.8. The van der Waals surface area contributed by atoms with E-state index < -0.39 is 47.5 Å². The Hall–Kier alpha value is -2.09. The molecule has 1 aliphatic carbocycles. The number of carbonyl (C=O) groups excluding carboxylic acids is 2. The summed E-state index contributed by atoms with van der Waals surface area (Å²) in [5.74, 6) is -5.42. The predicted octanol–water partition coefficient (Wildman–Crippen LogP) is 1.42. The van der Waals surface area contributed by atoms with Crippen LogP contribution in [0.2, 0.25) is 0 Å². The van der Waals surface area contributed by atoms with Crippen LogP contribution in [0.1, 0.15) is 23.7 Å². The van der Waals surface area contributed by atoms with Crippen LogP contribution in [0.15, 0.2) is 24.3 Å². The number of alkyl halides is 2. The fourth-order valence-electron chi connectivity index (χ4n) is 3.46. The summed E-state index contributed by atoms with van der Waals surface area (Å²) in [5.41, 5.74) is -0.928. The zero-order chi connectivity index (χ0) is 18.4. The van der Waals surface area contributed by atoms with Gasteiger partial charge in [0, 0.05) is 24.1 Å². The summed E-state index contributed by atoms with van der Waals surface area (Å²) in [6.07, 6.45) is 0.181. The predicted molar refractivity (Wildman–Crippen MR) is 82.5 cm³/mol. The van der Waals surface area contributed by atoms with E-state index in [9.17, 15) is 27.9 Å². The quantitative estimate of drug-likeness (QED) is 0.857. The van der Waals surface area contributed by atoms with Gasteiger partial charge in [-0.3, -0.25) is 9.59 Å². The number of aliphatic hydroxyl groups excluding tert-OH is 1. The molecule has 2 amide bonds. The zero-order valence-corrected chi connectivity index (χ0v) is 13.6. The van der Waals surface area contributed by atoms with Crippen molar-refractivity contribution in [3.63, 3.8) is 0 Å². The number of carbonyl (C=O) groups is 2. The Morgan fingerprint density at radius 1 is 1.36 bits per heavy atom. The van der Waals surface area contributed by atoms with E-state index in [1.807, 2.05) is 0 Å². The molecular weight excluding hydrogens is 337 g/mol. The summed E-state index contributed by atoms with van der Waals surface area (Å²) >= 11 is 0. The van der Waals surface area contributed by atoms with Gasteiger partial charge in [0.05, 0.1) is 12.5 Å². The third-order valence-corrected chi connectivity index (χ3v) is 5.39. The number of fused-ring (bicyclic) bond motifs is 1. The number of piperidine rings is 1. The molecule has 1 aromatic rings. The highest BCUT2D eigenvalue weighted by Gasteiger charge is 2.78. The highest BCUT2D eigenvalue weighted by molar-refractivity contribution is 5.97. The number of hydrogen-bond donors (Lipinski definition) is 2. The van der Waals surface area contributed by atoms with Crippen molar-refractivity contribution in [3.05, 3.63) is 35.6 Å². The third-order valence-electron chi connectivity index (χ3n) is 5.39. The SMILES string of the molecule is CC12CCN(C(=O)[C@H](CO)NC(=O)c3ccc(F)cc3)CC1C2(F)F. The van der Waals surface area contributed by atoms with Crippen molar-refractivity contribution in [2.45, 2.75) is 25.3 Å². The average molecular weight is 356 g/mol. The Labute approximate surface area is 142 Å². The first-order valence-corrected chi connectivity index (χ1v) is 8.04. The molecule has 5 nitrogen and oxygen atoms in total. The second-order valence-corrected chi connectivity index (χ2v) is 6.84. The summed E-state index contributed by atoms with van der Waals surface area (Å²) in [4.78, 5) is 25.8. The van der Waals surface area contributed by atoms with Gasteiger partial charge in [-0.15, -0.1) is 0 Å². The van der Waals surface area contributed by atoms with Crippen molar-refractivity contribution in [3.8, 4) is 0 Å². The van der Waals surface area contributed by atoms with E-state index in [1.165, 1.54) is 24.0 Å². The van der Waals surface area contributed by atoms with Crippen LogP contribution in [0, 0.1) is 17.2 Å². The monoisotopic (exact) mass is 356 g/mol. The van der Waals surface area contributed by atoms with Crippen LogP contribution in [0.4, 0.5) is 13.2 Å². The molecule has 0 radical (unpaired) electrons. The van der Waals surface area contributed by atoms with Crippen LogP contribution in [0.5, 0.6) is 0 Å². The molecule has 0 bridgehead atoms. The lowest BCUT2D eigenvalue weighted by Gasteiger charge is -2.31. The van der Waals surface area contributed by atoms with Gasteiger partial charge in [0.1, 0.15) is 11.9 Å². The highest BCUT2D eigenvalue weighted by Crippen LogP contribution is 2.69. The number of halogens is 3. The van der Waals surface area contributed by atoms with E-state index in [2.05, 4.69) is 5.32 Å². The number of aliphatic hydroxyl groups is 1. The maximum absolute atomic E-state index is 13.8. The Balaban J connectivity index is 1.64. The van der Waals surface area contributed by atoms with Crippen LogP contribution in [0.3, 0.4) is 0 Å². The van der Waals surface area contributed by atoms with Gasteiger partial charge in [-0.25, -0.2) is 13.2 Å². The molecule has 136 valence electrons. The number of rotatable bonds is 4. The minimum Gasteiger partial charge on any atom is -0.394 e. The summed E-state index contributed by atoms with van der Waals surface area (Å²) in [7, 11) is 0. The van der Waals surface area contributed by atoms with Gasteiger partial charge in [0.2, 0.25) is 5.91 Å². The summed E-state index contributed by atoms with van der Waals surface area (Å²) in [5, 5.41) is 11.8. The van der Waals surface area contributed by atoms with Crippen molar-refractivity contribution < 1.29 is 27.9 Å². The largest absolute Gasteiger partial charge is 0.394 e. The number of amides is 2. The van der Waals surface area contributed by atoms with Gasteiger partial charge >= 0.3 is 0 Å². The second-order valence-electron chi connectivity index (χ2n) is 6.84. The summed E-state index contributed by atoms with van der Waals surface area (Å²) < 4.78 is 40.5. The van der Waals surface area contributed by atoms with Gasteiger partial charge < -0.3 is 15.3 Å². The highest BCUT2D eigenvalue weighted by atomic mass is 19.3. The van der Waals surface area contributed by atoms with Crippen molar-refractivity contribution in [1.82, 2.24) is 10.2 Å². The third kappa shape index (κ3) is 2.88. The number of nitrogens with zero attached hydrogens (tertiary/aromatic N) is 1. The lowest BCUT2D eigenvalue weighted by molar-refractivity contribution is -0.135. The van der Waals surface area contributed by atoms with Gasteiger partial charge in [0.15, 0.2) is 0 Å². The van der Waals surface area contributed by atoms with E-state index in [0.29, 0.717) is 0 Å². The minimum atomic E-state index is -2.78. The number of nitrogens with one attached hydrogen (secondary N) is 1. The van der Waals surface area contributed by atoms with Crippen LogP contribution < -0.4 is 5.32 Å². The molecule has 0 spiro atoms. The number of likely N-dealkylation sites (tertiary alicyclic amines) is 1. The molecule has 2 unspecified atom stereocenters. The van der Waals surface area contributed by atoms with Crippen molar-refractivity contribution in [2.24, 2.45) is 11.3 Å². The van der Waals surface area contributed by atoms with Gasteiger partial charge in [-0.05, 0) is 30.7 Å². The normalized spacial score (nSPS) is 28.0. The first-order chi connectivity index (χ1) is 11.7. The molecule has 1 heterocycles. The Morgan fingerprint density at radius 2 is 2.00 bits per heavy atom. The molecule has 1 saturated heterocycles. The molecule has 2 N–H and O–H groups in total. The van der Waals surface area contributed by atoms with Gasteiger partial charge in [-0.2, -0.15) is 0 Å². The first kappa shape index (κ1) is 17.7. The lowest BCUT2D eigenvalue weighted by atomic mass is 9.97. The molecular formula is C17H19F3N2O3. The van der Waals surface area contributed by atoms with Crippen LogP contribution in [-0.4, -0.2) is 53.5 Å². The molecule has 8 heteroatoms. The fourth-order valence-corrected chi connectivity index (χ4v) is 3.46. The summed E-state index contributed by atoms with van der Waals surface area (Å²) in [6, 6.07) is 3.48. The van der Waals surface area contributed by atoms with E-state index >= 15 is 0 Å². The van der Waals surface area contributed by atoms with Crippen molar-refractivity contribution in [1.29, 1.82) is 0 Å². The van der Waals surface area contributed by atoms with E-state index in [-0.39, 0.29) is 25.1 Å². The molecule has 1 aromatic carbocycles. The molecule has 1 saturated carbocycles. The fraction of sp³-hybridized carbons (Fsp3) is 0.529. The van der Waals surface area contributed by atoms with E-state index in [0.717, 1.165) is 12.1 Å². The number of benzene rings is 1. The molecule has 25 heavy (non-hydrogen) atoms. The van der Waals surface area contributed by atoms with Crippen LogP contribution >= 0.6 is 0 Å². The molecule has 1 aliphatic heterocycles. The Kier molecular flexibility index (Phi) is 4.26. The topological polar surface area (TPSA) is 69.6 Å². The molecule has 3 rings (SSSR count). The molecule has 0 aromatic heterocycles. The van der Waals surface area contributed by atoms with Crippen molar-refractivity contribution in [2.75, 3.05) is 19.7 Å². The Morgan fingerprint density at radius 3 is 2.56 bits per heavy atom. The smallest absolute Gasteiger partial charge is 0.259 e. The summed E-state index contributed by atoms with van der Waals surface area (Å²) in [6.45, 7) is 0.926. The van der Waals surface area contributed by atoms with E-state index in [1.54, 1.807) is 0 Å². The average Bonchev–Trinajstić information content (AvgIpc) is 3.04. The lowest BCUT2D eigenvalue weighted by Crippen LogP contribution is -2.52. The van der Waals surface area contributed by atoms with Crippen molar-refractivity contribution >= 4 is 11.8 Å². The van der Waals surface area contributed by atoms with Gasteiger partial charge in [0.25, 0.3) is 11.8 Å². The minimum absolute atomic E-state index is 0.0920.